The van der Waals surface area contributed by atoms with Gasteiger partial charge in [0.15, 0.2) is 0 Å². The van der Waals surface area contributed by atoms with Gasteiger partial charge in [-0.3, -0.25) is 9.69 Å². The summed E-state index contributed by atoms with van der Waals surface area (Å²) in [5, 5.41) is 4.27. The predicted molar refractivity (Wildman–Crippen MR) is 114 cm³/mol. The van der Waals surface area contributed by atoms with Gasteiger partial charge in [-0.05, 0) is 77.5 Å². The van der Waals surface area contributed by atoms with Gasteiger partial charge in [-0.2, -0.15) is 0 Å². The minimum absolute atomic E-state index is 0.0302. The number of anilines is 1. The van der Waals surface area contributed by atoms with Crippen molar-refractivity contribution >= 4 is 38.4 Å². The van der Waals surface area contributed by atoms with Crippen molar-refractivity contribution in [2.75, 3.05) is 18.4 Å². The van der Waals surface area contributed by atoms with Crippen molar-refractivity contribution in [1.29, 1.82) is 0 Å². The summed E-state index contributed by atoms with van der Waals surface area (Å²) >= 11 is 3.54. The van der Waals surface area contributed by atoms with E-state index in [-0.39, 0.29) is 11.9 Å². The second-order valence-electron chi connectivity index (χ2n) is 7.33. The quantitative estimate of drug-likeness (QED) is 0.587. The molecule has 2 heterocycles. The van der Waals surface area contributed by atoms with E-state index in [0.29, 0.717) is 6.54 Å². The van der Waals surface area contributed by atoms with E-state index in [1.165, 1.54) is 17.5 Å². The van der Waals surface area contributed by atoms with Gasteiger partial charge < -0.3 is 10.3 Å². The van der Waals surface area contributed by atoms with Crippen LogP contribution in [-0.4, -0.2) is 28.9 Å². The fraction of sp³-hybridized carbons (Fsp3) is 0.318. The lowest BCUT2D eigenvalue weighted by atomic mass is 9.99. The summed E-state index contributed by atoms with van der Waals surface area (Å²) in [4.78, 5) is 18.5. The molecule has 1 aromatic heterocycles. The summed E-state index contributed by atoms with van der Waals surface area (Å²) in [6, 6.07) is 16.8. The Kier molecular flexibility index (Phi) is 5.32. The number of aryl methyl sites for hydroxylation is 1. The van der Waals surface area contributed by atoms with E-state index in [4.69, 9.17) is 0 Å². The van der Waals surface area contributed by atoms with Gasteiger partial charge >= 0.3 is 0 Å². The number of hydrogen-bond acceptors (Lipinski definition) is 2. The van der Waals surface area contributed by atoms with Crippen molar-refractivity contribution in [3.8, 4) is 0 Å². The lowest BCUT2D eigenvalue weighted by molar-refractivity contribution is -0.118. The molecule has 2 N–H and O–H groups in total. The number of nitrogens with one attached hydrogen (secondary N) is 2. The van der Waals surface area contributed by atoms with Crippen LogP contribution in [0.1, 0.15) is 36.6 Å². The van der Waals surface area contributed by atoms with Gasteiger partial charge in [-0.1, -0.05) is 30.7 Å². The van der Waals surface area contributed by atoms with Crippen molar-refractivity contribution in [1.82, 2.24) is 9.88 Å². The number of fused-ring (bicyclic) bond motifs is 1. The lowest BCUT2D eigenvalue weighted by Gasteiger charge is -2.34. The maximum Gasteiger partial charge on any atom is 0.238 e. The Balaban J connectivity index is 1.49. The highest BCUT2D eigenvalue weighted by Crippen LogP contribution is 2.32. The van der Waals surface area contributed by atoms with Gasteiger partial charge in [0.25, 0.3) is 0 Å². The van der Waals surface area contributed by atoms with Crippen LogP contribution >= 0.6 is 15.9 Å². The van der Waals surface area contributed by atoms with Gasteiger partial charge in [0.1, 0.15) is 0 Å². The number of carbonyl (C=O) groups excluding carboxylic acids is 1. The fourth-order valence-electron chi connectivity index (χ4n) is 3.90. The highest BCUT2D eigenvalue weighted by atomic mass is 79.9. The summed E-state index contributed by atoms with van der Waals surface area (Å²) < 4.78 is 0.918. The zero-order valence-corrected chi connectivity index (χ0v) is 17.1. The van der Waals surface area contributed by atoms with E-state index in [9.17, 15) is 4.79 Å². The Labute approximate surface area is 168 Å². The van der Waals surface area contributed by atoms with Gasteiger partial charge in [0, 0.05) is 15.7 Å². The molecule has 4 nitrogen and oxygen atoms in total. The van der Waals surface area contributed by atoms with E-state index in [1.54, 1.807) is 0 Å². The molecule has 1 amide bonds. The summed E-state index contributed by atoms with van der Waals surface area (Å²) in [7, 11) is 0. The molecular weight excluding hydrogens is 402 g/mol. The highest BCUT2D eigenvalue weighted by Gasteiger charge is 2.27. The Morgan fingerprint density at radius 2 is 2.07 bits per heavy atom. The molecule has 1 atom stereocenters. The van der Waals surface area contributed by atoms with Crippen molar-refractivity contribution < 1.29 is 4.79 Å². The largest absolute Gasteiger partial charge is 0.357 e. The maximum atomic E-state index is 12.7. The Morgan fingerprint density at radius 3 is 2.89 bits per heavy atom. The molecule has 1 saturated heterocycles. The van der Waals surface area contributed by atoms with E-state index in [2.05, 4.69) is 55.4 Å². The molecule has 0 bridgehead atoms. The SMILES string of the molecule is Cc1ccc(NC(=O)CN2CCCCC2c2cc3ccccc3[nH]2)c(Br)c1. The first kappa shape index (κ1) is 18.3. The maximum absolute atomic E-state index is 12.7. The molecule has 27 heavy (non-hydrogen) atoms. The minimum Gasteiger partial charge on any atom is -0.357 e. The van der Waals surface area contributed by atoms with Crippen LogP contribution in [0.3, 0.4) is 0 Å². The van der Waals surface area contributed by atoms with Crippen LogP contribution in [0.4, 0.5) is 5.69 Å². The lowest BCUT2D eigenvalue weighted by Crippen LogP contribution is -2.39. The Hall–Kier alpha value is -2.11. The number of hydrogen-bond donors (Lipinski definition) is 2. The highest BCUT2D eigenvalue weighted by molar-refractivity contribution is 9.10. The smallest absolute Gasteiger partial charge is 0.238 e. The second-order valence-corrected chi connectivity index (χ2v) is 8.18. The number of carbonyl (C=O) groups is 1. The molecule has 1 unspecified atom stereocenters. The number of halogens is 1. The average molecular weight is 426 g/mol. The zero-order valence-electron chi connectivity index (χ0n) is 15.5. The molecule has 1 fully saturated rings. The zero-order chi connectivity index (χ0) is 18.8. The molecule has 0 saturated carbocycles. The molecule has 0 aliphatic carbocycles. The van der Waals surface area contributed by atoms with Gasteiger partial charge in [-0.15, -0.1) is 0 Å². The molecule has 0 radical (unpaired) electrons. The summed E-state index contributed by atoms with van der Waals surface area (Å²) in [5.41, 5.74) is 4.35. The molecule has 4 rings (SSSR count). The van der Waals surface area contributed by atoms with E-state index in [0.717, 1.165) is 40.6 Å². The van der Waals surface area contributed by atoms with Crippen molar-refractivity contribution in [3.05, 3.63) is 64.3 Å². The molecule has 0 spiro atoms. The number of nitrogens with zero attached hydrogens (tertiary/aromatic N) is 1. The number of aromatic nitrogens is 1. The number of benzene rings is 2. The van der Waals surface area contributed by atoms with Crippen LogP contribution in [0.25, 0.3) is 10.9 Å². The van der Waals surface area contributed by atoms with Crippen molar-refractivity contribution in [3.63, 3.8) is 0 Å². The van der Waals surface area contributed by atoms with Crippen LogP contribution in [0, 0.1) is 6.92 Å². The van der Waals surface area contributed by atoms with Gasteiger partial charge in [0.05, 0.1) is 18.3 Å². The third-order valence-corrected chi connectivity index (χ3v) is 5.92. The van der Waals surface area contributed by atoms with Crippen LogP contribution in [0.5, 0.6) is 0 Å². The van der Waals surface area contributed by atoms with E-state index < -0.39 is 0 Å². The Morgan fingerprint density at radius 1 is 1.22 bits per heavy atom. The molecular formula is C22H24BrN3O. The summed E-state index contributed by atoms with van der Waals surface area (Å²) in [6.07, 6.45) is 3.41. The molecule has 1 aliphatic rings. The van der Waals surface area contributed by atoms with E-state index >= 15 is 0 Å². The molecule has 2 aromatic carbocycles. The predicted octanol–water partition coefficient (Wildman–Crippen LogP) is 5.40. The second kappa shape index (κ2) is 7.87. The van der Waals surface area contributed by atoms with Crippen LogP contribution in [0.15, 0.2) is 53.0 Å². The first-order valence-electron chi connectivity index (χ1n) is 9.48. The number of amides is 1. The van der Waals surface area contributed by atoms with Crippen molar-refractivity contribution in [2.45, 2.75) is 32.2 Å². The standard InChI is InChI=1S/C22H24BrN3O/c1-15-9-10-19(17(23)12-15)25-22(27)14-26-11-5-4-8-21(26)20-13-16-6-2-3-7-18(16)24-20/h2-3,6-7,9-10,12-13,21,24H,4-5,8,11,14H2,1H3,(H,25,27). The monoisotopic (exact) mass is 425 g/mol. The number of aromatic amines is 1. The third-order valence-electron chi connectivity index (χ3n) is 5.27. The fourth-order valence-corrected chi connectivity index (χ4v) is 4.50. The first-order valence-corrected chi connectivity index (χ1v) is 10.3. The Bertz CT molecular complexity index is 932. The minimum atomic E-state index is 0.0302. The van der Waals surface area contributed by atoms with E-state index in [1.807, 2.05) is 31.2 Å². The van der Waals surface area contributed by atoms with Crippen LogP contribution in [-0.2, 0) is 4.79 Å². The molecule has 3 aromatic rings. The molecule has 5 heteroatoms. The normalized spacial score (nSPS) is 17.9. The average Bonchev–Trinajstić information content (AvgIpc) is 3.08. The topological polar surface area (TPSA) is 48.1 Å². The molecule has 140 valence electrons. The summed E-state index contributed by atoms with van der Waals surface area (Å²) in [5.74, 6) is 0.0302. The third kappa shape index (κ3) is 4.09. The van der Waals surface area contributed by atoms with Crippen LogP contribution in [0.2, 0.25) is 0 Å². The first-order chi connectivity index (χ1) is 13.1. The van der Waals surface area contributed by atoms with Crippen molar-refractivity contribution in [2.24, 2.45) is 0 Å². The number of para-hydroxylation sites is 1. The van der Waals surface area contributed by atoms with Crippen LogP contribution < -0.4 is 5.32 Å². The number of likely N-dealkylation sites (tertiary alicyclic amines) is 1. The number of H-pyrrole nitrogens is 1. The molecule has 1 aliphatic heterocycles. The van der Waals surface area contributed by atoms with Gasteiger partial charge in [-0.25, -0.2) is 0 Å². The number of rotatable bonds is 4. The van der Waals surface area contributed by atoms with Gasteiger partial charge in [0.2, 0.25) is 5.91 Å². The number of piperidine rings is 1. The summed E-state index contributed by atoms with van der Waals surface area (Å²) in [6.45, 7) is 3.39.